The van der Waals surface area contributed by atoms with E-state index in [9.17, 15) is 0 Å². The Hall–Kier alpha value is -0.530. The summed E-state index contributed by atoms with van der Waals surface area (Å²) in [6.45, 7) is 0. The van der Waals surface area contributed by atoms with Gasteiger partial charge in [0.15, 0.2) is 5.56 Å². The minimum absolute atomic E-state index is 0.735. The molecular weight excluding hydrogens is 136 g/mol. The number of rotatable bonds is 1. The highest BCUT2D eigenvalue weighted by atomic mass is 35.5. The molecule has 1 rings (SSSR count). The number of alkyl halides is 1. The third-order valence-corrected chi connectivity index (χ3v) is 1.33. The van der Waals surface area contributed by atoms with Crippen LogP contribution >= 0.6 is 11.6 Å². The van der Waals surface area contributed by atoms with Gasteiger partial charge in [0.1, 0.15) is 0 Å². The highest BCUT2D eigenvalue weighted by Crippen LogP contribution is 2.14. The van der Waals surface area contributed by atoms with Crippen LogP contribution in [-0.4, -0.2) is 5.11 Å². The largest absolute Gasteiger partial charge is 0.373 e. The second-order valence-corrected chi connectivity index (χ2v) is 2.16. The Balaban J connectivity index is 2.85. The molecule has 9 heavy (non-hydrogen) atoms. The Bertz CT molecular complexity index is 172. The van der Waals surface area contributed by atoms with Crippen molar-refractivity contribution < 1.29 is 5.11 Å². The first kappa shape index (κ1) is 6.59. The molecule has 1 aromatic rings. The first-order valence-electron chi connectivity index (χ1n) is 2.68. The maximum Gasteiger partial charge on any atom is 0.153 e. The Morgan fingerprint density at radius 1 is 1.22 bits per heavy atom. The van der Waals surface area contributed by atoms with Crippen LogP contribution in [0.5, 0.6) is 0 Å². The lowest BCUT2D eigenvalue weighted by atomic mass is 10.2. The van der Waals surface area contributed by atoms with Gasteiger partial charge in [-0.2, -0.15) is 0 Å². The number of hydrogen-bond donors (Lipinski definition) is 1. The van der Waals surface area contributed by atoms with Gasteiger partial charge in [-0.15, -0.1) is 0 Å². The molecule has 1 aromatic carbocycles. The van der Waals surface area contributed by atoms with Crippen molar-refractivity contribution in [3.05, 3.63) is 35.9 Å². The van der Waals surface area contributed by atoms with E-state index in [0.717, 1.165) is 5.56 Å². The van der Waals surface area contributed by atoms with Gasteiger partial charge in [0.05, 0.1) is 0 Å². The van der Waals surface area contributed by atoms with E-state index in [-0.39, 0.29) is 0 Å². The van der Waals surface area contributed by atoms with E-state index >= 15 is 0 Å². The zero-order chi connectivity index (χ0) is 6.69. The molecule has 0 aliphatic rings. The molecule has 0 aromatic heterocycles. The van der Waals surface area contributed by atoms with Crippen molar-refractivity contribution in [3.63, 3.8) is 0 Å². The summed E-state index contributed by atoms with van der Waals surface area (Å²) in [6, 6.07) is 9.10. The van der Waals surface area contributed by atoms with E-state index in [4.69, 9.17) is 16.7 Å². The quantitative estimate of drug-likeness (QED) is 0.594. The normalized spacial score (nSPS) is 13.1. The molecule has 0 amide bonds. The van der Waals surface area contributed by atoms with Crippen LogP contribution in [-0.2, 0) is 0 Å². The van der Waals surface area contributed by atoms with Gasteiger partial charge in [0.2, 0.25) is 0 Å². The molecule has 2 heteroatoms. The van der Waals surface area contributed by atoms with Crippen LogP contribution in [0.3, 0.4) is 0 Å². The van der Waals surface area contributed by atoms with E-state index in [2.05, 4.69) is 0 Å². The SMILES string of the molecule is O[C@@H](Cl)c1ccccc1. The van der Waals surface area contributed by atoms with Gasteiger partial charge < -0.3 is 5.11 Å². The maximum absolute atomic E-state index is 8.79. The predicted octanol–water partition coefficient (Wildman–Crippen LogP) is 1.92. The van der Waals surface area contributed by atoms with Crippen molar-refractivity contribution >= 4 is 11.6 Å². The number of aliphatic hydroxyl groups excluding tert-OH is 1. The predicted molar refractivity (Wildman–Crippen MR) is 37.3 cm³/mol. The lowest BCUT2D eigenvalue weighted by Gasteiger charge is -1.98. The molecule has 48 valence electrons. The lowest BCUT2D eigenvalue weighted by Crippen LogP contribution is -1.84. The average Bonchev–Trinajstić information content (AvgIpc) is 1.90. The van der Waals surface area contributed by atoms with Crippen molar-refractivity contribution in [2.24, 2.45) is 0 Å². The minimum atomic E-state index is -0.869. The maximum atomic E-state index is 8.79. The summed E-state index contributed by atoms with van der Waals surface area (Å²) in [5, 5.41) is 8.79. The zero-order valence-corrected chi connectivity index (χ0v) is 5.55. The summed E-state index contributed by atoms with van der Waals surface area (Å²) in [5.74, 6) is 0. The van der Waals surface area contributed by atoms with Crippen LogP contribution in [0.2, 0.25) is 0 Å². The van der Waals surface area contributed by atoms with Crippen LogP contribution in [0.1, 0.15) is 11.1 Å². The molecule has 0 saturated carbocycles. The molecule has 1 N–H and O–H groups in total. The Kier molecular flexibility index (Phi) is 2.09. The number of aliphatic hydroxyl groups is 1. The highest BCUT2D eigenvalue weighted by Gasteiger charge is 1.97. The summed E-state index contributed by atoms with van der Waals surface area (Å²) in [5.41, 5.74) is -0.134. The van der Waals surface area contributed by atoms with Crippen molar-refractivity contribution in [1.82, 2.24) is 0 Å². The lowest BCUT2D eigenvalue weighted by molar-refractivity contribution is 0.263. The van der Waals surface area contributed by atoms with Crippen LogP contribution in [0.25, 0.3) is 0 Å². The molecule has 0 saturated heterocycles. The highest BCUT2D eigenvalue weighted by molar-refractivity contribution is 6.19. The smallest absolute Gasteiger partial charge is 0.153 e. The van der Waals surface area contributed by atoms with Crippen molar-refractivity contribution in [2.45, 2.75) is 5.56 Å². The molecular formula is C7H7ClO. The van der Waals surface area contributed by atoms with Gasteiger partial charge in [-0.1, -0.05) is 41.9 Å². The summed E-state index contributed by atoms with van der Waals surface area (Å²) < 4.78 is 0. The van der Waals surface area contributed by atoms with Gasteiger partial charge >= 0.3 is 0 Å². The first-order chi connectivity index (χ1) is 4.30. The Morgan fingerprint density at radius 3 is 2.11 bits per heavy atom. The van der Waals surface area contributed by atoms with Crippen molar-refractivity contribution in [3.8, 4) is 0 Å². The molecule has 0 radical (unpaired) electrons. The summed E-state index contributed by atoms with van der Waals surface area (Å²) in [4.78, 5) is 0. The van der Waals surface area contributed by atoms with E-state index < -0.39 is 5.56 Å². The van der Waals surface area contributed by atoms with Crippen molar-refractivity contribution in [2.75, 3.05) is 0 Å². The first-order valence-corrected chi connectivity index (χ1v) is 3.11. The van der Waals surface area contributed by atoms with Crippen LogP contribution < -0.4 is 0 Å². The molecule has 1 atom stereocenters. The van der Waals surface area contributed by atoms with E-state index in [1.54, 1.807) is 12.1 Å². The van der Waals surface area contributed by atoms with E-state index in [1.165, 1.54) is 0 Å². The topological polar surface area (TPSA) is 20.2 Å². The van der Waals surface area contributed by atoms with Gasteiger partial charge in [-0.3, -0.25) is 0 Å². The number of halogens is 1. The van der Waals surface area contributed by atoms with Gasteiger partial charge in [-0.05, 0) is 5.56 Å². The number of hydrogen-bond acceptors (Lipinski definition) is 1. The summed E-state index contributed by atoms with van der Waals surface area (Å²) in [7, 11) is 0. The fraction of sp³-hybridized carbons (Fsp3) is 0.143. The third-order valence-electron chi connectivity index (χ3n) is 1.07. The summed E-state index contributed by atoms with van der Waals surface area (Å²) in [6.07, 6.45) is 0. The molecule has 0 heterocycles. The fourth-order valence-electron chi connectivity index (χ4n) is 0.612. The molecule has 1 nitrogen and oxygen atoms in total. The zero-order valence-electron chi connectivity index (χ0n) is 4.79. The Labute approximate surface area is 58.9 Å². The van der Waals surface area contributed by atoms with Crippen LogP contribution in [0.15, 0.2) is 30.3 Å². The van der Waals surface area contributed by atoms with Crippen LogP contribution in [0.4, 0.5) is 0 Å². The monoisotopic (exact) mass is 142 g/mol. The van der Waals surface area contributed by atoms with E-state index in [0.29, 0.717) is 0 Å². The fourth-order valence-corrected chi connectivity index (χ4v) is 0.757. The van der Waals surface area contributed by atoms with Gasteiger partial charge in [0, 0.05) is 0 Å². The minimum Gasteiger partial charge on any atom is -0.373 e. The summed E-state index contributed by atoms with van der Waals surface area (Å²) >= 11 is 5.36. The van der Waals surface area contributed by atoms with Crippen molar-refractivity contribution in [1.29, 1.82) is 0 Å². The van der Waals surface area contributed by atoms with E-state index in [1.807, 2.05) is 18.2 Å². The molecule has 0 unspecified atom stereocenters. The molecule has 0 bridgehead atoms. The molecule has 0 fully saturated rings. The molecule has 0 spiro atoms. The average molecular weight is 143 g/mol. The van der Waals surface area contributed by atoms with Gasteiger partial charge in [0.25, 0.3) is 0 Å². The van der Waals surface area contributed by atoms with Crippen LogP contribution in [0, 0.1) is 0 Å². The molecule has 0 aliphatic heterocycles. The van der Waals surface area contributed by atoms with Gasteiger partial charge in [-0.25, -0.2) is 0 Å². The Morgan fingerprint density at radius 2 is 1.78 bits per heavy atom. The second kappa shape index (κ2) is 2.85. The second-order valence-electron chi connectivity index (χ2n) is 1.75. The standard InChI is InChI=1S/C7H7ClO/c8-7(9)6-4-2-1-3-5-6/h1-5,7,9H/t7-/m1/s1. The molecule has 0 aliphatic carbocycles. The third kappa shape index (κ3) is 1.70. The number of benzene rings is 1.